The molecule has 0 aromatic rings. The monoisotopic (exact) mass is 464 g/mol. The van der Waals surface area contributed by atoms with Gasteiger partial charge in [0.25, 0.3) is 0 Å². The van der Waals surface area contributed by atoms with Gasteiger partial charge >= 0.3 is 26.6 Å². The van der Waals surface area contributed by atoms with E-state index in [1.54, 1.807) is 6.92 Å². The van der Waals surface area contributed by atoms with Gasteiger partial charge in [0, 0.05) is 0 Å². The molecule has 1 unspecified atom stereocenters. The highest BCUT2D eigenvalue weighted by Gasteiger charge is 2.36. The predicted octanol–water partition coefficient (Wildman–Crippen LogP) is 5.20. The maximum absolute atomic E-state index is 12.1. The third-order valence-corrected chi connectivity index (χ3v) is 5.76. The number of carbonyl (C=O) groups excluding carboxylic acids is 2. The van der Waals surface area contributed by atoms with E-state index in [0.717, 1.165) is 32.1 Å². The van der Waals surface area contributed by atoms with E-state index >= 15 is 0 Å². The van der Waals surface area contributed by atoms with Crippen LogP contribution in [-0.4, -0.2) is 42.7 Å². The molecule has 176 valence electrons. The zero-order valence-corrected chi connectivity index (χ0v) is 19.8. The number of unbranched alkanes of at least 4 members (excludes halogenated alkanes) is 3. The van der Waals surface area contributed by atoms with Crippen LogP contribution in [0.3, 0.4) is 0 Å². The van der Waals surface area contributed by atoms with Crippen molar-refractivity contribution < 1.29 is 41.9 Å². The van der Waals surface area contributed by atoms with Gasteiger partial charge in [-0.2, -0.15) is 0 Å². The van der Waals surface area contributed by atoms with E-state index in [2.05, 4.69) is 10.3 Å². The molecule has 11 nitrogen and oxygen atoms in total. The minimum absolute atomic E-state index is 0. The van der Waals surface area contributed by atoms with Gasteiger partial charge in [-0.1, -0.05) is 40.0 Å². The van der Waals surface area contributed by atoms with Crippen molar-refractivity contribution in [2.45, 2.75) is 66.2 Å². The molecule has 29 heavy (non-hydrogen) atoms. The van der Waals surface area contributed by atoms with Gasteiger partial charge < -0.3 is 35.1 Å². The number of rotatable bonds is 15. The van der Waals surface area contributed by atoms with Crippen LogP contribution in [0.1, 0.15) is 66.2 Å². The summed E-state index contributed by atoms with van der Waals surface area (Å²) in [6.07, 6.45) is 4.74. The summed E-state index contributed by atoms with van der Waals surface area (Å²) in [6.45, 7) is 8.27. The van der Waals surface area contributed by atoms with Crippen LogP contribution in [0.5, 0.6) is 0 Å². The first-order valence-electron chi connectivity index (χ1n) is 9.44. The maximum Gasteiger partial charge on any atom is 0.438 e. The Bertz CT molecular complexity index is 519. The lowest BCUT2D eigenvalue weighted by molar-refractivity contribution is 0.148. The molecule has 0 aromatic heterocycles. The lowest BCUT2D eigenvalue weighted by atomic mass is 10.4. The molecule has 1 atom stereocenters. The molecular weight excluding hydrogens is 426 g/mol. The Labute approximate surface area is 173 Å². The topological polar surface area (TPSA) is 186 Å². The summed E-state index contributed by atoms with van der Waals surface area (Å²) >= 11 is 0. The Morgan fingerprint density at radius 3 is 1.52 bits per heavy atom. The normalized spacial score (nSPS) is 12.7. The van der Waals surface area contributed by atoms with Gasteiger partial charge in [0.1, 0.15) is 0 Å². The zero-order valence-electron chi connectivity index (χ0n) is 18.0. The Kier molecular flexibility index (Phi) is 21.7. The van der Waals surface area contributed by atoms with Crippen LogP contribution < -0.4 is 11.9 Å². The highest BCUT2D eigenvalue weighted by Crippen LogP contribution is 2.50. The molecule has 0 radical (unpaired) electrons. The largest absolute Gasteiger partial charge is 0.457 e. The van der Waals surface area contributed by atoms with Crippen LogP contribution in [0.15, 0.2) is 0 Å². The van der Waals surface area contributed by atoms with Gasteiger partial charge in [0.05, 0.1) is 26.4 Å². The van der Waals surface area contributed by atoms with Crippen LogP contribution >= 0.6 is 15.2 Å². The summed E-state index contributed by atoms with van der Waals surface area (Å²) < 4.78 is 42.0. The molecule has 0 spiro atoms. The van der Waals surface area contributed by atoms with Gasteiger partial charge in [0.15, 0.2) is 0 Å². The summed E-state index contributed by atoms with van der Waals surface area (Å²) in [5, 5.41) is 0. The van der Waals surface area contributed by atoms with E-state index in [0.29, 0.717) is 6.42 Å². The van der Waals surface area contributed by atoms with Gasteiger partial charge in [-0.15, -0.1) is 0 Å². The Balaban J connectivity index is -0.000000491. The summed E-state index contributed by atoms with van der Waals surface area (Å²) in [5.41, 5.74) is 2.40. The van der Waals surface area contributed by atoms with Crippen LogP contribution in [0.25, 0.3) is 0 Å². The van der Waals surface area contributed by atoms with E-state index < -0.39 is 26.6 Å². The van der Waals surface area contributed by atoms with E-state index in [1.165, 1.54) is 0 Å². The van der Waals surface area contributed by atoms with E-state index in [9.17, 15) is 18.7 Å². The number of amides is 1. The van der Waals surface area contributed by atoms with Gasteiger partial charge in [0.2, 0.25) is 0 Å². The average Bonchev–Trinajstić information content (AvgIpc) is 2.63. The van der Waals surface area contributed by atoms with Crippen molar-refractivity contribution in [3.63, 3.8) is 0 Å². The number of nitrogens with two attached hydrogens (primary N) is 1. The molecule has 1 amide bonds. The predicted molar refractivity (Wildman–Crippen MR) is 112 cm³/mol. The average molecular weight is 464 g/mol. The molecule has 0 rings (SSSR count). The number of carbonyl (C=O) groups is 2. The van der Waals surface area contributed by atoms with Crippen molar-refractivity contribution in [3.05, 3.63) is 0 Å². The van der Waals surface area contributed by atoms with E-state index in [4.69, 9.17) is 18.7 Å². The third-order valence-electron chi connectivity index (χ3n) is 3.05. The summed E-state index contributed by atoms with van der Waals surface area (Å²) in [5.74, 6) is 0. The van der Waals surface area contributed by atoms with Crippen LogP contribution in [-0.2, 0) is 27.4 Å². The summed E-state index contributed by atoms with van der Waals surface area (Å²) in [7, 11) is -7.90. The van der Waals surface area contributed by atoms with E-state index in [1.807, 2.05) is 20.8 Å². The lowest BCUT2D eigenvalue weighted by Gasteiger charge is -2.16. The molecule has 0 aliphatic heterocycles. The molecule has 0 fully saturated rings. The Morgan fingerprint density at radius 2 is 1.21 bits per heavy atom. The SMILES string of the molecule is CCCCOP(=O)(O)C(N)=O.CCCCOP(=O)(OCCCC)C(=O)OCC.N. The molecule has 0 aromatic carbocycles. The zero-order chi connectivity index (χ0) is 22.1. The second-order valence-corrected chi connectivity index (χ2v) is 9.23. The highest BCUT2D eigenvalue weighted by molar-refractivity contribution is 7.71. The fourth-order valence-corrected chi connectivity index (χ4v) is 3.21. The minimum Gasteiger partial charge on any atom is -0.457 e. The first kappa shape index (κ1) is 32.9. The molecule has 0 aliphatic carbocycles. The smallest absolute Gasteiger partial charge is 0.438 e. The number of hydrogen-bond acceptors (Lipinski definition) is 9. The summed E-state index contributed by atoms with van der Waals surface area (Å²) in [6, 6.07) is 0. The maximum atomic E-state index is 12.1. The molecule has 0 aliphatic rings. The Hall–Kier alpha value is -0.800. The van der Waals surface area contributed by atoms with Crippen LogP contribution in [0.4, 0.5) is 9.59 Å². The number of hydrogen-bond donors (Lipinski definition) is 3. The molecule has 0 saturated heterocycles. The van der Waals surface area contributed by atoms with Crippen molar-refractivity contribution in [3.8, 4) is 0 Å². The molecular formula is C16H38N2O9P2. The number of primary amides is 1. The molecule has 6 N–H and O–H groups in total. The van der Waals surface area contributed by atoms with Crippen molar-refractivity contribution in [1.82, 2.24) is 6.15 Å². The second kappa shape index (κ2) is 19.2. The first-order chi connectivity index (χ1) is 13.1. The quantitative estimate of drug-likeness (QED) is 0.215. The molecule has 13 heteroatoms. The van der Waals surface area contributed by atoms with Gasteiger partial charge in [-0.05, 0) is 26.2 Å². The third kappa shape index (κ3) is 16.7. The Morgan fingerprint density at radius 1 is 0.828 bits per heavy atom. The molecule has 0 bridgehead atoms. The van der Waals surface area contributed by atoms with Gasteiger partial charge in [-0.25, -0.2) is 13.9 Å². The van der Waals surface area contributed by atoms with Crippen LogP contribution in [0.2, 0.25) is 0 Å². The number of ether oxygens (including phenoxy) is 1. The van der Waals surface area contributed by atoms with Crippen LogP contribution in [0, 0.1) is 0 Å². The van der Waals surface area contributed by atoms with Gasteiger partial charge in [-0.3, -0.25) is 4.79 Å². The standard InChI is InChI=1S/C11H23O5P.C5H12NO4P.H3N/c1-4-7-9-15-17(13,11(12)14-6-3)16-10-8-5-2;1-2-3-4-10-11(8,9)5(6)7;/h4-10H2,1-3H3;2-4H2,1H3,(H2,6,7)(H,8,9);1H3. The van der Waals surface area contributed by atoms with Crippen molar-refractivity contribution in [2.24, 2.45) is 5.73 Å². The second-order valence-electron chi connectivity index (χ2n) is 5.62. The fourth-order valence-electron chi connectivity index (χ4n) is 1.40. The lowest BCUT2D eigenvalue weighted by Crippen LogP contribution is -2.11. The highest BCUT2D eigenvalue weighted by atomic mass is 31.2. The molecule has 0 heterocycles. The minimum atomic E-state index is -4.16. The van der Waals surface area contributed by atoms with Crippen molar-refractivity contribution in [1.29, 1.82) is 0 Å². The van der Waals surface area contributed by atoms with Crippen molar-refractivity contribution >= 4 is 26.6 Å². The first-order valence-corrected chi connectivity index (χ1v) is 12.6. The summed E-state index contributed by atoms with van der Waals surface area (Å²) in [4.78, 5) is 30.4. The van der Waals surface area contributed by atoms with E-state index in [-0.39, 0.29) is 32.6 Å². The van der Waals surface area contributed by atoms with Crippen molar-refractivity contribution in [2.75, 3.05) is 26.4 Å². The fraction of sp³-hybridized carbons (Fsp3) is 0.875. The molecule has 0 saturated carbocycles.